The number of ketones is 1. The standard InChI is InChI=1S/C27H24O5/c1-30-19-25(27(29)31-2)24-11-7-6-10-22(24)18-32-23-15-13-21(14-16-23)26(28)17-12-20-8-4-3-5-9-20/h3-17,19H,18H2,1-2H3/b17-12+,25-19+. The van der Waals surface area contributed by atoms with Gasteiger partial charge in [0.25, 0.3) is 0 Å². The van der Waals surface area contributed by atoms with Crippen LogP contribution in [0.4, 0.5) is 0 Å². The molecule has 0 aliphatic carbocycles. The van der Waals surface area contributed by atoms with E-state index in [9.17, 15) is 9.59 Å². The largest absolute Gasteiger partial charge is 0.503 e. The summed E-state index contributed by atoms with van der Waals surface area (Å²) in [5.74, 6) is 0.0302. The summed E-state index contributed by atoms with van der Waals surface area (Å²) >= 11 is 0. The van der Waals surface area contributed by atoms with Crippen LogP contribution in [0.15, 0.2) is 91.2 Å². The Labute approximate surface area is 187 Å². The van der Waals surface area contributed by atoms with Crippen molar-refractivity contribution in [2.24, 2.45) is 0 Å². The summed E-state index contributed by atoms with van der Waals surface area (Å²) in [6.07, 6.45) is 4.70. The summed E-state index contributed by atoms with van der Waals surface area (Å²) < 4.78 is 15.8. The molecule has 32 heavy (non-hydrogen) atoms. The molecule has 0 aliphatic heterocycles. The highest BCUT2D eigenvalue weighted by Crippen LogP contribution is 2.23. The number of carbonyl (C=O) groups is 2. The zero-order valence-electron chi connectivity index (χ0n) is 18.0. The zero-order chi connectivity index (χ0) is 22.8. The normalized spacial score (nSPS) is 11.2. The summed E-state index contributed by atoms with van der Waals surface area (Å²) in [5.41, 5.74) is 3.31. The lowest BCUT2D eigenvalue weighted by molar-refractivity contribution is -0.133. The quantitative estimate of drug-likeness (QED) is 0.200. The van der Waals surface area contributed by atoms with Crippen molar-refractivity contribution in [1.82, 2.24) is 0 Å². The number of methoxy groups -OCH3 is 2. The molecule has 0 aliphatic rings. The summed E-state index contributed by atoms with van der Waals surface area (Å²) in [5, 5.41) is 0. The first-order valence-electron chi connectivity index (χ1n) is 10.0. The molecule has 0 saturated carbocycles. The monoisotopic (exact) mass is 428 g/mol. The van der Waals surface area contributed by atoms with Gasteiger partial charge in [-0.25, -0.2) is 4.79 Å². The molecular formula is C27H24O5. The maximum Gasteiger partial charge on any atom is 0.341 e. The second-order valence-electron chi connectivity index (χ2n) is 6.84. The Bertz CT molecular complexity index is 1110. The maximum atomic E-state index is 12.4. The first-order chi connectivity index (χ1) is 15.6. The van der Waals surface area contributed by atoms with Crippen molar-refractivity contribution in [3.8, 4) is 5.75 Å². The van der Waals surface area contributed by atoms with Crippen molar-refractivity contribution >= 4 is 23.4 Å². The number of benzene rings is 3. The second-order valence-corrected chi connectivity index (χ2v) is 6.84. The molecule has 5 nitrogen and oxygen atoms in total. The van der Waals surface area contributed by atoms with E-state index in [4.69, 9.17) is 14.2 Å². The fourth-order valence-electron chi connectivity index (χ4n) is 3.07. The van der Waals surface area contributed by atoms with Crippen LogP contribution in [-0.2, 0) is 20.9 Å². The highest BCUT2D eigenvalue weighted by molar-refractivity contribution is 6.16. The molecule has 3 aromatic rings. The fraction of sp³-hybridized carbons (Fsp3) is 0.111. The van der Waals surface area contributed by atoms with Gasteiger partial charge in [0, 0.05) is 5.56 Å². The van der Waals surface area contributed by atoms with E-state index in [1.54, 1.807) is 42.5 Å². The van der Waals surface area contributed by atoms with Gasteiger partial charge in [0.15, 0.2) is 5.78 Å². The maximum absolute atomic E-state index is 12.4. The van der Waals surface area contributed by atoms with Gasteiger partial charge in [-0.3, -0.25) is 4.79 Å². The SMILES string of the molecule is CO/C=C(/C(=O)OC)c1ccccc1COc1ccc(C(=O)/C=C/c2ccccc2)cc1. The molecule has 3 aromatic carbocycles. The van der Waals surface area contributed by atoms with E-state index < -0.39 is 5.97 Å². The molecule has 0 fully saturated rings. The highest BCUT2D eigenvalue weighted by Gasteiger charge is 2.17. The molecule has 0 amide bonds. The van der Waals surface area contributed by atoms with Crippen molar-refractivity contribution in [2.75, 3.05) is 14.2 Å². The molecule has 0 aromatic heterocycles. The van der Waals surface area contributed by atoms with Crippen LogP contribution in [0, 0.1) is 0 Å². The van der Waals surface area contributed by atoms with Gasteiger partial charge < -0.3 is 14.2 Å². The van der Waals surface area contributed by atoms with Gasteiger partial charge in [0.2, 0.25) is 0 Å². The minimum Gasteiger partial charge on any atom is -0.503 e. The van der Waals surface area contributed by atoms with Crippen LogP contribution < -0.4 is 4.74 Å². The molecule has 3 rings (SSSR count). The third kappa shape index (κ3) is 5.95. The number of esters is 1. The Kier molecular flexibility index (Phi) is 7.98. The van der Waals surface area contributed by atoms with E-state index >= 15 is 0 Å². The Hall–Kier alpha value is -4.12. The van der Waals surface area contributed by atoms with E-state index in [0.717, 1.165) is 11.1 Å². The number of hydrogen-bond donors (Lipinski definition) is 0. The highest BCUT2D eigenvalue weighted by atomic mass is 16.5. The molecule has 0 bridgehead atoms. The van der Waals surface area contributed by atoms with E-state index in [2.05, 4.69) is 0 Å². The molecule has 0 heterocycles. The molecule has 5 heteroatoms. The summed E-state index contributed by atoms with van der Waals surface area (Å²) in [6.45, 7) is 0.232. The molecule has 0 radical (unpaired) electrons. The minimum atomic E-state index is -0.495. The first kappa shape index (κ1) is 22.6. The van der Waals surface area contributed by atoms with Crippen molar-refractivity contribution in [1.29, 1.82) is 0 Å². The summed E-state index contributed by atoms with van der Waals surface area (Å²) in [7, 11) is 2.79. The molecule has 0 N–H and O–H groups in total. The van der Waals surface area contributed by atoms with E-state index in [1.165, 1.54) is 20.5 Å². The second kappa shape index (κ2) is 11.3. The van der Waals surface area contributed by atoms with Crippen molar-refractivity contribution in [3.05, 3.63) is 113 Å². The van der Waals surface area contributed by atoms with Crippen molar-refractivity contribution in [2.45, 2.75) is 6.61 Å². The number of ether oxygens (including phenoxy) is 3. The molecule has 0 atom stereocenters. The van der Waals surface area contributed by atoms with Crippen LogP contribution in [-0.4, -0.2) is 26.0 Å². The lowest BCUT2D eigenvalue weighted by Crippen LogP contribution is -2.08. The predicted octanol–water partition coefficient (Wildman–Crippen LogP) is 5.32. The zero-order valence-corrected chi connectivity index (χ0v) is 18.0. The molecular weight excluding hydrogens is 404 g/mol. The first-order valence-corrected chi connectivity index (χ1v) is 10.0. The van der Waals surface area contributed by atoms with Crippen molar-refractivity contribution < 1.29 is 23.8 Å². The van der Waals surface area contributed by atoms with Crippen LogP contribution in [0.5, 0.6) is 5.75 Å². The topological polar surface area (TPSA) is 61.8 Å². The van der Waals surface area contributed by atoms with Gasteiger partial charge in [0.05, 0.1) is 20.5 Å². The van der Waals surface area contributed by atoms with E-state index in [-0.39, 0.29) is 12.4 Å². The van der Waals surface area contributed by atoms with Gasteiger partial charge in [0.1, 0.15) is 17.9 Å². The van der Waals surface area contributed by atoms with Crippen LogP contribution in [0.2, 0.25) is 0 Å². The average Bonchev–Trinajstić information content (AvgIpc) is 2.85. The number of hydrogen-bond acceptors (Lipinski definition) is 5. The minimum absolute atomic E-state index is 0.0850. The van der Waals surface area contributed by atoms with Crippen molar-refractivity contribution in [3.63, 3.8) is 0 Å². The van der Waals surface area contributed by atoms with Crippen LogP contribution >= 0.6 is 0 Å². The van der Waals surface area contributed by atoms with Crippen LogP contribution in [0.3, 0.4) is 0 Å². The molecule has 0 spiro atoms. The average molecular weight is 428 g/mol. The predicted molar refractivity (Wildman–Crippen MR) is 124 cm³/mol. The van der Waals surface area contributed by atoms with Gasteiger partial charge >= 0.3 is 5.97 Å². The molecule has 0 saturated heterocycles. The summed E-state index contributed by atoms with van der Waals surface area (Å²) in [4.78, 5) is 24.5. The van der Waals surface area contributed by atoms with E-state index in [1.807, 2.05) is 48.5 Å². The third-order valence-electron chi connectivity index (χ3n) is 4.71. The van der Waals surface area contributed by atoms with Crippen LogP contribution in [0.1, 0.15) is 27.0 Å². The van der Waals surface area contributed by atoms with Gasteiger partial charge in [-0.15, -0.1) is 0 Å². The van der Waals surface area contributed by atoms with Crippen LogP contribution in [0.25, 0.3) is 11.6 Å². The van der Waals surface area contributed by atoms with Gasteiger partial charge in [-0.2, -0.15) is 0 Å². The Morgan fingerprint density at radius 2 is 1.53 bits per heavy atom. The smallest absolute Gasteiger partial charge is 0.341 e. The Balaban J connectivity index is 1.68. The third-order valence-corrected chi connectivity index (χ3v) is 4.71. The molecule has 0 unspecified atom stereocenters. The fourth-order valence-corrected chi connectivity index (χ4v) is 3.07. The number of carbonyl (C=O) groups excluding carboxylic acids is 2. The summed E-state index contributed by atoms with van der Waals surface area (Å²) in [6, 6.07) is 24.0. The number of allylic oxidation sites excluding steroid dienone is 1. The lowest BCUT2D eigenvalue weighted by Gasteiger charge is -2.13. The number of rotatable bonds is 9. The lowest BCUT2D eigenvalue weighted by atomic mass is 10.0. The Morgan fingerprint density at radius 3 is 2.22 bits per heavy atom. The molecule has 162 valence electrons. The van der Waals surface area contributed by atoms with Gasteiger partial charge in [-0.1, -0.05) is 60.7 Å². The Morgan fingerprint density at radius 1 is 0.844 bits per heavy atom. The van der Waals surface area contributed by atoms with Gasteiger partial charge in [-0.05, 0) is 47.0 Å². The van der Waals surface area contributed by atoms with E-state index in [0.29, 0.717) is 22.4 Å².